The van der Waals surface area contributed by atoms with Crippen LogP contribution < -0.4 is 5.32 Å². The largest absolute Gasteiger partial charge is 0.306 e. The predicted molar refractivity (Wildman–Crippen MR) is 98.5 cm³/mol. The monoisotopic (exact) mass is 346 g/mol. The lowest BCUT2D eigenvalue weighted by Crippen LogP contribution is -2.22. The Bertz CT molecular complexity index is 776. The highest BCUT2D eigenvalue weighted by Gasteiger charge is 2.17. The number of hydrogen-bond donors (Lipinski definition) is 1. The molecule has 2 aromatic carbocycles. The molecule has 2 rings (SSSR count). The molecule has 0 spiro atoms. The fourth-order valence-electron chi connectivity index (χ4n) is 2.70. The van der Waals surface area contributed by atoms with Gasteiger partial charge in [-0.2, -0.15) is 0 Å². The Labute approximate surface area is 145 Å². The van der Waals surface area contributed by atoms with Crippen LogP contribution in [-0.2, 0) is 16.6 Å². The van der Waals surface area contributed by atoms with E-state index in [-0.39, 0.29) is 6.04 Å². The Balaban J connectivity index is 2.06. The van der Waals surface area contributed by atoms with Crippen molar-refractivity contribution in [3.8, 4) is 0 Å². The van der Waals surface area contributed by atoms with Gasteiger partial charge in [0.25, 0.3) is 0 Å². The maximum atomic E-state index is 12.1. The zero-order valence-corrected chi connectivity index (χ0v) is 15.8. The number of benzene rings is 2. The van der Waals surface area contributed by atoms with Gasteiger partial charge in [0.15, 0.2) is 0 Å². The van der Waals surface area contributed by atoms with Crippen molar-refractivity contribution in [3.63, 3.8) is 0 Å². The topological polar surface area (TPSA) is 49.4 Å². The van der Waals surface area contributed by atoms with Gasteiger partial charge < -0.3 is 5.32 Å². The summed E-state index contributed by atoms with van der Waals surface area (Å²) in [6.07, 6.45) is 0. The minimum atomic E-state index is -3.37. The van der Waals surface area contributed by atoms with Crippen LogP contribution in [0.5, 0.6) is 0 Å². The van der Waals surface area contributed by atoms with Gasteiger partial charge in [0.2, 0.25) is 10.0 Å². The van der Waals surface area contributed by atoms with Gasteiger partial charge in [-0.15, -0.1) is 0 Å². The molecule has 2 aromatic rings. The van der Waals surface area contributed by atoms with Gasteiger partial charge >= 0.3 is 0 Å². The molecule has 24 heavy (non-hydrogen) atoms. The average Bonchev–Trinajstić information content (AvgIpc) is 2.51. The summed E-state index contributed by atoms with van der Waals surface area (Å²) >= 11 is 0. The summed E-state index contributed by atoms with van der Waals surface area (Å²) in [6.45, 7) is 7.06. The summed E-state index contributed by atoms with van der Waals surface area (Å²) in [5.74, 6) is 0. The van der Waals surface area contributed by atoms with Crippen LogP contribution in [0, 0.1) is 13.8 Å². The summed E-state index contributed by atoms with van der Waals surface area (Å²) in [5.41, 5.74) is 4.85. The Hall–Kier alpha value is -1.69. The van der Waals surface area contributed by atoms with E-state index in [9.17, 15) is 8.42 Å². The quantitative estimate of drug-likeness (QED) is 0.872. The highest BCUT2D eigenvalue weighted by Crippen LogP contribution is 2.19. The number of rotatable bonds is 6. The highest BCUT2D eigenvalue weighted by molar-refractivity contribution is 7.89. The standard InChI is InChI=1S/C19H26N2O2S/c1-14-10-15(2)12-17(11-14)13-20-16(3)18-6-8-19(9-7-18)24(22,23)21(4)5/h6-12,16,20H,13H2,1-5H3. The number of hydrogen-bond acceptors (Lipinski definition) is 3. The molecule has 0 aliphatic carbocycles. The first-order valence-corrected chi connectivity index (χ1v) is 9.47. The van der Waals surface area contributed by atoms with E-state index in [4.69, 9.17) is 0 Å². The molecule has 0 amide bonds. The first-order chi connectivity index (χ1) is 11.2. The highest BCUT2D eigenvalue weighted by atomic mass is 32.2. The van der Waals surface area contributed by atoms with E-state index >= 15 is 0 Å². The average molecular weight is 346 g/mol. The molecule has 130 valence electrons. The number of aryl methyl sites for hydroxylation is 2. The molecular weight excluding hydrogens is 320 g/mol. The SMILES string of the molecule is Cc1cc(C)cc(CNC(C)c2ccc(S(=O)(=O)N(C)C)cc2)c1. The summed E-state index contributed by atoms with van der Waals surface area (Å²) in [7, 11) is -0.293. The van der Waals surface area contributed by atoms with E-state index < -0.39 is 10.0 Å². The first-order valence-electron chi connectivity index (χ1n) is 8.03. The Kier molecular flexibility index (Phi) is 5.80. The van der Waals surface area contributed by atoms with Crippen LogP contribution >= 0.6 is 0 Å². The van der Waals surface area contributed by atoms with Gasteiger partial charge in [-0.25, -0.2) is 12.7 Å². The maximum Gasteiger partial charge on any atom is 0.242 e. The molecular formula is C19H26N2O2S. The fraction of sp³-hybridized carbons (Fsp3) is 0.368. The van der Waals surface area contributed by atoms with Crippen LogP contribution in [0.1, 0.15) is 35.2 Å². The van der Waals surface area contributed by atoms with Crippen LogP contribution in [0.25, 0.3) is 0 Å². The second-order valence-electron chi connectivity index (χ2n) is 6.46. The van der Waals surface area contributed by atoms with Crippen molar-refractivity contribution >= 4 is 10.0 Å². The van der Waals surface area contributed by atoms with Crippen LogP contribution in [-0.4, -0.2) is 26.8 Å². The third-order valence-electron chi connectivity index (χ3n) is 4.05. The summed E-state index contributed by atoms with van der Waals surface area (Å²) in [6, 6.07) is 13.7. The second-order valence-corrected chi connectivity index (χ2v) is 8.61. The van der Waals surface area contributed by atoms with Crippen molar-refractivity contribution < 1.29 is 8.42 Å². The van der Waals surface area contributed by atoms with Gasteiger partial charge in [-0.1, -0.05) is 41.5 Å². The summed E-state index contributed by atoms with van der Waals surface area (Å²) in [4.78, 5) is 0.317. The Morgan fingerprint density at radius 3 is 2.04 bits per heavy atom. The van der Waals surface area contributed by atoms with Crippen LogP contribution in [0.3, 0.4) is 0 Å². The molecule has 0 radical (unpaired) electrons. The van der Waals surface area contributed by atoms with Crippen molar-refractivity contribution in [3.05, 3.63) is 64.7 Å². The zero-order valence-electron chi connectivity index (χ0n) is 15.0. The third kappa shape index (κ3) is 4.44. The number of nitrogens with one attached hydrogen (secondary N) is 1. The van der Waals surface area contributed by atoms with Crippen molar-refractivity contribution in [2.24, 2.45) is 0 Å². The lowest BCUT2D eigenvalue weighted by Gasteiger charge is -2.16. The number of nitrogens with zero attached hydrogens (tertiary/aromatic N) is 1. The zero-order chi connectivity index (χ0) is 17.9. The van der Waals surface area contributed by atoms with Crippen molar-refractivity contribution in [2.75, 3.05) is 14.1 Å². The van der Waals surface area contributed by atoms with Crippen LogP contribution in [0.4, 0.5) is 0 Å². The molecule has 0 fully saturated rings. The lowest BCUT2D eigenvalue weighted by molar-refractivity contribution is 0.520. The van der Waals surface area contributed by atoms with Gasteiger partial charge in [0, 0.05) is 26.7 Å². The van der Waals surface area contributed by atoms with Crippen molar-refractivity contribution in [1.29, 1.82) is 0 Å². The van der Waals surface area contributed by atoms with E-state index in [0.29, 0.717) is 4.90 Å². The van der Waals surface area contributed by atoms with E-state index in [1.165, 1.54) is 35.1 Å². The number of sulfonamides is 1. The molecule has 5 heteroatoms. The predicted octanol–water partition coefficient (Wildman–Crippen LogP) is 3.40. The summed E-state index contributed by atoms with van der Waals surface area (Å²) < 4.78 is 25.4. The lowest BCUT2D eigenvalue weighted by atomic mass is 10.1. The molecule has 1 N–H and O–H groups in total. The maximum absolute atomic E-state index is 12.1. The van der Waals surface area contributed by atoms with Gasteiger partial charge in [-0.05, 0) is 44.0 Å². The normalized spacial score (nSPS) is 13.2. The molecule has 0 heterocycles. The third-order valence-corrected chi connectivity index (χ3v) is 5.88. The van der Waals surface area contributed by atoms with Crippen molar-refractivity contribution in [1.82, 2.24) is 9.62 Å². The van der Waals surface area contributed by atoms with Crippen LogP contribution in [0.2, 0.25) is 0 Å². The van der Waals surface area contributed by atoms with Crippen LogP contribution in [0.15, 0.2) is 47.4 Å². The molecule has 4 nitrogen and oxygen atoms in total. The minimum Gasteiger partial charge on any atom is -0.306 e. The van der Waals surface area contributed by atoms with Gasteiger partial charge in [0.1, 0.15) is 0 Å². The summed E-state index contributed by atoms with van der Waals surface area (Å²) in [5, 5.41) is 3.49. The molecule has 1 unspecified atom stereocenters. The smallest absolute Gasteiger partial charge is 0.242 e. The van der Waals surface area contributed by atoms with E-state index in [1.807, 2.05) is 12.1 Å². The molecule has 0 aliphatic heterocycles. The fourth-order valence-corrected chi connectivity index (χ4v) is 3.60. The molecule has 0 saturated carbocycles. The first kappa shape index (κ1) is 18.6. The van der Waals surface area contributed by atoms with E-state index in [0.717, 1.165) is 12.1 Å². The minimum absolute atomic E-state index is 0.141. The van der Waals surface area contributed by atoms with Gasteiger partial charge in [-0.3, -0.25) is 0 Å². The molecule has 0 bridgehead atoms. The molecule has 1 atom stereocenters. The molecule has 0 aromatic heterocycles. The molecule has 0 aliphatic rings. The Morgan fingerprint density at radius 1 is 1.00 bits per heavy atom. The second kappa shape index (κ2) is 7.47. The van der Waals surface area contributed by atoms with Crippen molar-refractivity contribution in [2.45, 2.75) is 38.3 Å². The van der Waals surface area contributed by atoms with E-state index in [2.05, 4.69) is 44.3 Å². The molecule has 0 saturated heterocycles. The van der Waals surface area contributed by atoms with Gasteiger partial charge in [0.05, 0.1) is 4.90 Å². The van der Waals surface area contributed by atoms with E-state index in [1.54, 1.807) is 12.1 Å². The Morgan fingerprint density at radius 2 is 1.54 bits per heavy atom.